The quantitative estimate of drug-likeness (QED) is 0.360. The lowest BCUT2D eigenvalue weighted by atomic mass is 10.1. The van der Waals surface area contributed by atoms with Gasteiger partial charge in [0, 0.05) is 0 Å². The number of hydrogen-bond acceptors (Lipinski definition) is 4. The van der Waals surface area contributed by atoms with E-state index in [1.165, 1.54) is 22.6 Å². The maximum atomic E-state index is 12.0. The molecule has 0 N–H and O–H groups in total. The van der Waals surface area contributed by atoms with Gasteiger partial charge in [-0.3, -0.25) is 14.9 Å². The zero-order valence-corrected chi connectivity index (χ0v) is 10.6. The fraction of sp³-hybridized carbons (Fsp3) is 0.222. The van der Waals surface area contributed by atoms with Crippen LogP contribution in [0.5, 0.6) is 5.75 Å². The van der Waals surface area contributed by atoms with Gasteiger partial charge < -0.3 is 4.74 Å². The summed E-state index contributed by atoms with van der Waals surface area (Å²) in [5, 5.41) is 10.8. The van der Waals surface area contributed by atoms with Crippen molar-refractivity contribution >= 4 is 34.1 Å². The molecule has 0 aliphatic rings. The molecule has 0 radical (unpaired) electrons. The molecule has 8 heteroatoms. The van der Waals surface area contributed by atoms with Gasteiger partial charge in [-0.2, -0.15) is 8.78 Å². The number of carbonyl (C=O) groups is 1. The van der Waals surface area contributed by atoms with E-state index in [2.05, 4.69) is 4.74 Å². The van der Waals surface area contributed by atoms with Gasteiger partial charge in [0.1, 0.15) is 9.32 Å². The van der Waals surface area contributed by atoms with Crippen molar-refractivity contribution in [1.29, 1.82) is 0 Å². The maximum Gasteiger partial charge on any atom is 0.387 e. The van der Waals surface area contributed by atoms with Crippen LogP contribution in [0.2, 0.25) is 0 Å². The number of halogens is 3. The second-order valence-electron chi connectivity index (χ2n) is 2.97. The molecule has 1 aromatic rings. The molecular formula is C9H6F2INO4. The van der Waals surface area contributed by atoms with E-state index in [9.17, 15) is 23.7 Å². The van der Waals surface area contributed by atoms with Gasteiger partial charge in [0.05, 0.1) is 10.5 Å². The number of Topliss-reactive ketones (excluding diaryl/α,β-unsaturated/α-hetero) is 1. The average Bonchev–Trinajstić information content (AvgIpc) is 2.19. The minimum Gasteiger partial charge on any atom is -0.433 e. The second kappa shape index (κ2) is 5.34. The summed E-state index contributed by atoms with van der Waals surface area (Å²) in [5.41, 5.74) is -0.655. The topological polar surface area (TPSA) is 69.4 Å². The van der Waals surface area contributed by atoms with Crippen molar-refractivity contribution in [3.63, 3.8) is 0 Å². The molecule has 0 spiro atoms. The Labute approximate surface area is 108 Å². The first-order valence-corrected chi connectivity index (χ1v) is 5.35. The molecule has 5 nitrogen and oxygen atoms in total. The van der Waals surface area contributed by atoms with Crippen molar-refractivity contribution in [2.45, 2.75) is 13.5 Å². The Balaban J connectivity index is 3.38. The number of alkyl halides is 2. The van der Waals surface area contributed by atoms with Crippen LogP contribution in [0.15, 0.2) is 12.1 Å². The Morgan fingerprint density at radius 2 is 2.12 bits per heavy atom. The van der Waals surface area contributed by atoms with Gasteiger partial charge in [-0.05, 0) is 41.6 Å². The highest BCUT2D eigenvalue weighted by Gasteiger charge is 2.25. The molecule has 0 saturated heterocycles. The largest absolute Gasteiger partial charge is 0.433 e. The van der Waals surface area contributed by atoms with Gasteiger partial charge in [0.2, 0.25) is 0 Å². The third kappa shape index (κ3) is 3.08. The number of hydrogen-bond donors (Lipinski definition) is 0. The van der Waals surface area contributed by atoms with Crippen LogP contribution in [-0.2, 0) is 0 Å². The molecule has 92 valence electrons. The van der Waals surface area contributed by atoms with Gasteiger partial charge in [-0.15, -0.1) is 0 Å². The number of nitrogens with zero attached hydrogens (tertiary/aromatic N) is 1. The number of ether oxygens (including phenoxy) is 1. The lowest BCUT2D eigenvalue weighted by molar-refractivity contribution is -0.386. The Kier molecular flexibility index (Phi) is 4.32. The monoisotopic (exact) mass is 357 g/mol. The van der Waals surface area contributed by atoms with Crippen LogP contribution in [0.25, 0.3) is 0 Å². The van der Waals surface area contributed by atoms with Gasteiger partial charge >= 0.3 is 6.61 Å². The Morgan fingerprint density at radius 3 is 2.53 bits per heavy atom. The third-order valence-electron chi connectivity index (χ3n) is 1.86. The molecule has 0 heterocycles. The van der Waals surface area contributed by atoms with E-state index >= 15 is 0 Å². The van der Waals surface area contributed by atoms with Crippen LogP contribution >= 0.6 is 22.6 Å². The van der Waals surface area contributed by atoms with Crippen LogP contribution in [0.1, 0.15) is 17.3 Å². The fourth-order valence-corrected chi connectivity index (χ4v) is 1.99. The van der Waals surface area contributed by atoms with E-state index in [0.717, 1.165) is 19.1 Å². The number of ketones is 1. The number of rotatable bonds is 4. The third-order valence-corrected chi connectivity index (χ3v) is 2.90. The van der Waals surface area contributed by atoms with Crippen molar-refractivity contribution in [3.8, 4) is 5.75 Å². The van der Waals surface area contributed by atoms with E-state index in [0.29, 0.717) is 0 Å². The standard InChI is InChI=1S/C9H6F2INO4/c1-4(14)5-2-3-6(17-9(10)11)7(12)8(5)13(15)16/h2-3,9H,1H3. The molecule has 0 aliphatic heterocycles. The fourth-order valence-electron chi connectivity index (χ4n) is 1.20. The molecular weight excluding hydrogens is 351 g/mol. The summed E-state index contributed by atoms with van der Waals surface area (Å²) in [5.74, 6) is -0.837. The summed E-state index contributed by atoms with van der Waals surface area (Å²) in [7, 11) is 0. The minimum absolute atomic E-state index is 0.124. The molecule has 0 amide bonds. The van der Waals surface area contributed by atoms with E-state index in [-0.39, 0.29) is 14.9 Å². The lowest BCUT2D eigenvalue weighted by Crippen LogP contribution is -2.07. The Hall–Kier alpha value is -1.32. The van der Waals surface area contributed by atoms with Gasteiger partial charge in [-0.25, -0.2) is 0 Å². The van der Waals surface area contributed by atoms with Crippen LogP contribution in [-0.4, -0.2) is 17.3 Å². The summed E-state index contributed by atoms with van der Waals surface area (Å²) in [6.07, 6.45) is 0. The normalized spacial score (nSPS) is 10.4. The van der Waals surface area contributed by atoms with E-state index in [1.807, 2.05) is 0 Å². The van der Waals surface area contributed by atoms with Crippen molar-refractivity contribution < 1.29 is 23.2 Å². The summed E-state index contributed by atoms with van der Waals surface area (Å²) < 4.78 is 28.0. The van der Waals surface area contributed by atoms with Crippen molar-refractivity contribution in [1.82, 2.24) is 0 Å². The summed E-state index contributed by atoms with van der Waals surface area (Å²) >= 11 is 1.50. The smallest absolute Gasteiger partial charge is 0.387 e. The summed E-state index contributed by atoms with van der Waals surface area (Å²) in [6, 6.07) is 2.21. The molecule has 0 saturated carbocycles. The highest BCUT2D eigenvalue weighted by atomic mass is 127. The number of nitro groups is 1. The maximum absolute atomic E-state index is 12.0. The number of carbonyl (C=O) groups excluding carboxylic acids is 1. The number of nitro benzene ring substituents is 1. The van der Waals surface area contributed by atoms with Gasteiger partial charge in [0.15, 0.2) is 5.78 Å². The molecule has 0 unspecified atom stereocenters. The first kappa shape index (κ1) is 13.7. The van der Waals surface area contributed by atoms with Crippen molar-refractivity contribution in [2.75, 3.05) is 0 Å². The highest BCUT2D eigenvalue weighted by molar-refractivity contribution is 14.1. The van der Waals surface area contributed by atoms with Crippen LogP contribution in [0.4, 0.5) is 14.5 Å². The molecule has 1 aromatic carbocycles. The molecule has 0 aromatic heterocycles. The van der Waals surface area contributed by atoms with E-state index in [4.69, 9.17) is 0 Å². The second-order valence-corrected chi connectivity index (χ2v) is 4.04. The molecule has 17 heavy (non-hydrogen) atoms. The van der Waals surface area contributed by atoms with Crippen LogP contribution in [0.3, 0.4) is 0 Å². The average molecular weight is 357 g/mol. The minimum atomic E-state index is -3.08. The number of benzene rings is 1. The van der Waals surface area contributed by atoms with Crippen LogP contribution in [0, 0.1) is 13.7 Å². The molecule has 0 aliphatic carbocycles. The molecule has 0 atom stereocenters. The lowest BCUT2D eigenvalue weighted by Gasteiger charge is -2.08. The predicted octanol–water partition coefficient (Wildman–Crippen LogP) is 3.00. The van der Waals surface area contributed by atoms with Crippen molar-refractivity contribution in [2.24, 2.45) is 0 Å². The zero-order chi connectivity index (χ0) is 13.2. The SMILES string of the molecule is CC(=O)c1ccc(OC(F)F)c(I)c1[N+](=O)[O-]. The van der Waals surface area contributed by atoms with Gasteiger partial charge in [-0.1, -0.05) is 0 Å². The van der Waals surface area contributed by atoms with Gasteiger partial charge in [0.25, 0.3) is 5.69 Å². The Bertz CT molecular complexity index is 478. The van der Waals surface area contributed by atoms with Crippen LogP contribution < -0.4 is 4.74 Å². The van der Waals surface area contributed by atoms with Crippen molar-refractivity contribution in [3.05, 3.63) is 31.4 Å². The first-order valence-electron chi connectivity index (χ1n) is 4.27. The summed E-state index contributed by atoms with van der Waals surface area (Å²) in [4.78, 5) is 21.2. The Morgan fingerprint density at radius 1 is 1.53 bits per heavy atom. The summed E-state index contributed by atoms with van der Waals surface area (Å²) in [6.45, 7) is -1.92. The molecule has 0 bridgehead atoms. The molecule has 0 fully saturated rings. The zero-order valence-electron chi connectivity index (χ0n) is 8.45. The highest BCUT2D eigenvalue weighted by Crippen LogP contribution is 2.34. The predicted molar refractivity (Wildman–Crippen MR) is 62.4 cm³/mol. The van der Waals surface area contributed by atoms with E-state index in [1.54, 1.807) is 0 Å². The van der Waals surface area contributed by atoms with E-state index < -0.39 is 23.0 Å². The first-order chi connectivity index (χ1) is 7.84. The molecule has 1 rings (SSSR count).